The van der Waals surface area contributed by atoms with Gasteiger partial charge in [-0.3, -0.25) is 0 Å². The van der Waals surface area contributed by atoms with E-state index in [9.17, 15) is 0 Å². The number of hydrogen-bond acceptors (Lipinski definition) is 40. The number of phosphoric acid groups is 10. The molecule has 0 heterocycles. The maximum Gasteiger partial charge on any atom is 4.00 e. The van der Waals surface area contributed by atoms with Crippen molar-refractivity contribution in [1.29, 1.82) is 0 Å². The van der Waals surface area contributed by atoms with E-state index in [2.05, 4.69) is 0 Å². The van der Waals surface area contributed by atoms with Gasteiger partial charge in [0.05, 0.1) is 0 Å². The topological polar surface area (TPSA) is 862 Å². The fourth-order valence-electron chi connectivity index (χ4n) is 0. The third kappa shape index (κ3) is 6160. The van der Waals surface area contributed by atoms with Gasteiger partial charge in [-0.1, -0.05) is 0 Å². The Morgan fingerprint density at radius 2 is 0.158 bits per heavy atom. The van der Waals surface area contributed by atoms with Crippen LogP contribution in [-0.2, 0) is 197 Å². The summed E-state index contributed by atoms with van der Waals surface area (Å²) in [6.45, 7) is 0. The van der Waals surface area contributed by atoms with Crippen molar-refractivity contribution in [3.05, 3.63) is 0 Å². The third-order valence-electron chi connectivity index (χ3n) is 0. The molecule has 57 heteroatoms. The van der Waals surface area contributed by atoms with Gasteiger partial charge in [-0.25, -0.2) is 0 Å². The first kappa shape index (κ1) is 114. The summed E-state index contributed by atoms with van der Waals surface area (Å²) < 4.78 is 85.5. The van der Waals surface area contributed by atoms with E-state index < -0.39 is 78.2 Å². The minimum atomic E-state index is -5.39. The van der Waals surface area contributed by atoms with Gasteiger partial charge in [-0.15, -0.1) is 0 Å². The molecule has 0 aromatic carbocycles. The second-order valence-electron chi connectivity index (χ2n) is 4.47. The van der Waals surface area contributed by atoms with Crippen LogP contribution in [0.15, 0.2) is 0 Å². The molecule has 0 atom stereocenters. The van der Waals surface area contributed by atoms with Gasteiger partial charge in [-0.05, 0) is 0 Å². The average Bonchev–Trinajstić information content (AvgIpc) is 2.34. The van der Waals surface area contributed by atoms with Crippen LogP contribution < -0.4 is 147 Å². The van der Waals surface area contributed by atoms with Gasteiger partial charge < -0.3 is 192 Å². The molecule has 0 aliphatic carbocycles. The second-order valence-corrected chi connectivity index (χ2v) is 13.4. The molecule has 4 radical (unpaired) electrons. The Morgan fingerprint density at radius 1 is 0.158 bits per heavy atom. The molecular weight excluding hydrogens is 1430 g/mol. The molecule has 0 amide bonds. The fourth-order valence-corrected chi connectivity index (χ4v) is 0. The summed E-state index contributed by atoms with van der Waals surface area (Å²) in [5, 5.41) is 0. The van der Waals surface area contributed by atoms with E-state index in [4.69, 9.17) is 192 Å². The molecule has 0 rings (SSSR count). The van der Waals surface area contributed by atoms with Crippen molar-refractivity contribution in [3.63, 3.8) is 0 Å². The predicted molar refractivity (Wildman–Crippen MR) is 76.1 cm³/mol. The van der Waals surface area contributed by atoms with Crippen LogP contribution in [0.25, 0.3) is 0 Å². The smallest absolute Gasteiger partial charge is 0.822 e. The zero-order valence-corrected chi connectivity index (χ0v) is 45.6. The minimum absolute atomic E-state index is 0. The van der Waals surface area contributed by atoms with Crippen LogP contribution in [0.1, 0.15) is 0 Å². The Kier molecular flexibility index (Phi) is 106. The summed E-state index contributed by atoms with van der Waals surface area (Å²) in [5.41, 5.74) is 0. The molecule has 0 N–H and O–H groups in total. The van der Waals surface area contributed by atoms with Gasteiger partial charge in [0.1, 0.15) is 0 Å². The number of rotatable bonds is 0. The van der Waals surface area contributed by atoms with E-state index >= 15 is 0 Å². The van der Waals surface area contributed by atoms with Crippen LogP contribution in [0.2, 0.25) is 0 Å². The van der Waals surface area contributed by atoms with Crippen LogP contribution in [-0.4, -0.2) is 0 Å². The van der Waals surface area contributed by atoms with E-state index in [0.29, 0.717) is 0 Å². The summed E-state index contributed by atoms with van der Waals surface area (Å²) in [4.78, 5) is 256. The van der Waals surface area contributed by atoms with Crippen molar-refractivity contribution in [3.8, 4) is 0 Å². The molecule has 340 valence electrons. The Labute approximate surface area is 417 Å². The Balaban J connectivity index is -0.0000000205. The molecular formula is FeO40P10V3Zr3-15. The van der Waals surface area contributed by atoms with Gasteiger partial charge in [0, 0.05) is 55.7 Å². The zero-order valence-electron chi connectivity index (χ0n) is 24.0. The SMILES string of the molecule is O=P([O-])([O-])[O-].O=P([O-])([O-])[O-].O=P([O-])([O-])[O-].O=P([O-])([O-])[O-].O=P([O-])([O-])[O-].O=P([O-])([O-])[O-].O=P([O-])([O-])[O-].O=P([O-])([O-])[O-].O=P([O-])([O-])[O-].O=P([O-])([O-])[O-].[Fe+3].[V].[V].[V].[Zr+4].[Zr+4].[Zr+4]. The molecule has 0 aromatic rings. The van der Waals surface area contributed by atoms with Crippen molar-refractivity contribution in [2.45, 2.75) is 0 Å². The van der Waals surface area contributed by atoms with E-state index in [1.807, 2.05) is 0 Å². The van der Waals surface area contributed by atoms with Crippen LogP contribution in [0, 0.1) is 0 Å². The molecule has 0 saturated carbocycles. The van der Waals surface area contributed by atoms with E-state index in [0.717, 1.165) is 0 Å². The van der Waals surface area contributed by atoms with Crippen molar-refractivity contribution in [1.82, 2.24) is 0 Å². The first-order valence-corrected chi connectivity index (χ1v) is 21.9. The maximum absolute atomic E-state index is 8.55. The van der Waals surface area contributed by atoms with Gasteiger partial charge in [0.15, 0.2) is 0 Å². The summed E-state index contributed by atoms with van der Waals surface area (Å²) in [6.07, 6.45) is 0. The molecule has 0 aliphatic rings. The van der Waals surface area contributed by atoms with Crippen molar-refractivity contribution >= 4 is 78.2 Å². The van der Waals surface area contributed by atoms with Crippen molar-refractivity contribution in [2.75, 3.05) is 0 Å². The molecule has 40 nitrogen and oxygen atoms in total. The Bertz CT molecular complexity index is 871. The second kappa shape index (κ2) is 53.0. The summed E-state index contributed by atoms with van der Waals surface area (Å²) >= 11 is 0. The largest absolute Gasteiger partial charge is 4.00 e. The van der Waals surface area contributed by atoms with Gasteiger partial charge in [0.2, 0.25) is 0 Å². The molecule has 0 bridgehead atoms. The van der Waals surface area contributed by atoms with E-state index in [1.54, 1.807) is 0 Å². The maximum atomic E-state index is 8.55. The fraction of sp³-hybridized carbons (Fsp3) is 0. The quantitative estimate of drug-likeness (QED) is 0.160. The van der Waals surface area contributed by atoms with Crippen LogP contribution in [0.3, 0.4) is 0 Å². The molecule has 0 unspecified atom stereocenters. The summed E-state index contributed by atoms with van der Waals surface area (Å²) in [5.74, 6) is 0. The normalized spacial score (nSPS) is 10.4. The van der Waals surface area contributed by atoms with Crippen molar-refractivity contribution in [2.24, 2.45) is 0 Å². The predicted octanol–water partition coefficient (Wildman–Crippen LogP) is -28.3. The Hall–Kier alpha value is 6.02. The first-order chi connectivity index (χ1) is 20.0. The third-order valence-corrected chi connectivity index (χ3v) is 0. The van der Waals surface area contributed by atoms with E-state index in [1.165, 1.54) is 0 Å². The van der Waals surface area contributed by atoms with Gasteiger partial charge in [0.25, 0.3) is 0 Å². The monoisotopic (exact) mass is 1430 g/mol. The Morgan fingerprint density at radius 3 is 0.158 bits per heavy atom. The van der Waals surface area contributed by atoms with Crippen molar-refractivity contribution < 1.29 is 344 Å². The molecule has 0 aromatic heterocycles. The molecule has 0 saturated heterocycles. The standard InChI is InChI=1S/Fe.10H3O4P.3V.3Zr/c;10*1-5(2,3)4;;;;;;/h;10*(H3,1,2,3,4);;;;;;/q+3;;;;;;;;;;;;;;3*+4/p-30. The molecule has 0 aliphatic heterocycles. The molecule has 57 heavy (non-hydrogen) atoms. The van der Waals surface area contributed by atoms with Crippen LogP contribution >= 0.6 is 78.2 Å². The van der Waals surface area contributed by atoms with Crippen LogP contribution in [0.5, 0.6) is 0 Å². The van der Waals surface area contributed by atoms with E-state index in [-0.39, 0.29) is 151 Å². The molecule has 0 spiro atoms. The number of hydrogen-bond donors (Lipinski definition) is 0. The summed E-state index contributed by atoms with van der Waals surface area (Å²) in [6, 6.07) is 0. The van der Waals surface area contributed by atoms with Gasteiger partial charge >= 0.3 is 95.7 Å². The van der Waals surface area contributed by atoms with Crippen LogP contribution in [0.4, 0.5) is 0 Å². The first-order valence-electron chi connectivity index (χ1n) is 7.30. The average molecular weight is 1430 g/mol. The molecule has 0 fully saturated rings. The summed E-state index contributed by atoms with van der Waals surface area (Å²) in [7, 11) is -53.9. The zero-order chi connectivity index (χ0) is 45.0. The minimum Gasteiger partial charge on any atom is -0.822 e. The van der Waals surface area contributed by atoms with Gasteiger partial charge in [-0.2, -0.15) is 78.2 Å².